The molecule has 0 aliphatic rings. The van der Waals surface area contributed by atoms with Gasteiger partial charge in [0.15, 0.2) is 0 Å². The first-order chi connectivity index (χ1) is 7.81. The van der Waals surface area contributed by atoms with Crippen molar-refractivity contribution in [2.45, 2.75) is 12.5 Å². The number of hydrogen-bond acceptors (Lipinski definition) is 2. The van der Waals surface area contributed by atoms with E-state index in [1.807, 2.05) is 0 Å². The summed E-state index contributed by atoms with van der Waals surface area (Å²) in [4.78, 5) is 10.5. The van der Waals surface area contributed by atoms with Crippen molar-refractivity contribution in [1.82, 2.24) is 0 Å². The number of nitrogens with one attached hydrogen (secondary N) is 1. The molecule has 0 bridgehead atoms. The summed E-state index contributed by atoms with van der Waals surface area (Å²) in [6, 6.07) is 3.65. The number of halogens is 4. The molecule has 0 spiro atoms. The normalized spacial score (nSPS) is 11.4. The van der Waals surface area contributed by atoms with E-state index >= 15 is 0 Å². The summed E-state index contributed by atoms with van der Waals surface area (Å²) in [5, 5.41) is 2.09. The van der Waals surface area contributed by atoms with E-state index in [2.05, 4.69) is 10.1 Å². The molecule has 94 valence electrons. The van der Waals surface area contributed by atoms with Gasteiger partial charge in [0.2, 0.25) is 0 Å². The van der Waals surface area contributed by atoms with E-state index in [-0.39, 0.29) is 5.69 Å². The quantitative estimate of drug-likeness (QED) is 0.808. The van der Waals surface area contributed by atoms with E-state index < -0.39 is 24.3 Å². The zero-order valence-electron chi connectivity index (χ0n) is 8.29. The van der Waals surface area contributed by atoms with Gasteiger partial charge in [-0.25, -0.2) is 4.79 Å². The lowest BCUT2D eigenvalue weighted by atomic mass is 10.3. The number of ether oxygens (including phenoxy) is 1. The van der Waals surface area contributed by atoms with Crippen molar-refractivity contribution < 1.29 is 27.1 Å². The van der Waals surface area contributed by atoms with Crippen LogP contribution in [0.1, 0.15) is 0 Å². The Bertz CT molecular complexity index is 412. The van der Waals surface area contributed by atoms with Crippen molar-refractivity contribution in [2.75, 3.05) is 5.32 Å². The Hall–Kier alpha value is -1.99. The Morgan fingerprint density at radius 3 is 2.59 bits per heavy atom. The van der Waals surface area contributed by atoms with Crippen molar-refractivity contribution in [1.29, 1.82) is 0 Å². The van der Waals surface area contributed by atoms with E-state index in [0.717, 1.165) is 12.1 Å². The van der Waals surface area contributed by atoms with Crippen molar-refractivity contribution >= 4 is 11.7 Å². The molecule has 0 atom stereocenters. The lowest BCUT2D eigenvalue weighted by Crippen LogP contribution is -2.33. The SMILES string of the molecule is NC(=O)Nc1cccc(OC(F)(F)C(F)F)c1. The van der Waals surface area contributed by atoms with Gasteiger partial charge in [0.1, 0.15) is 5.75 Å². The number of urea groups is 1. The van der Waals surface area contributed by atoms with Gasteiger partial charge in [0, 0.05) is 11.8 Å². The third-order valence-corrected chi connectivity index (χ3v) is 1.61. The number of carbonyl (C=O) groups excluding carboxylic acids is 1. The van der Waals surface area contributed by atoms with Gasteiger partial charge in [-0.15, -0.1) is 0 Å². The number of anilines is 1. The summed E-state index contributed by atoms with van der Waals surface area (Å²) < 4.78 is 52.6. The van der Waals surface area contributed by atoms with Gasteiger partial charge in [0.25, 0.3) is 0 Å². The van der Waals surface area contributed by atoms with E-state index in [0.29, 0.717) is 0 Å². The molecule has 8 heteroatoms. The molecule has 1 aromatic carbocycles. The Morgan fingerprint density at radius 2 is 2.06 bits per heavy atom. The van der Waals surface area contributed by atoms with Crippen LogP contribution in [-0.4, -0.2) is 18.6 Å². The van der Waals surface area contributed by atoms with Crippen LogP contribution in [0.3, 0.4) is 0 Å². The molecule has 0 aromatic heterocycles. The molecule has 4 nitrogen and oxygen atoms in total. The second kappa shape index (κ2) is 4.89. The monoisotopic (exact) mass is 252 g/mol. The molecule has 0 heterocycles. The van der Waals surface area contributed by atoms with Gasteiger partial charge in [-0.3, -0.25) is 0 Å². The van der Waals surface area contributed by atoms with E-state index in [4.69, 9.17) is 5.73 Å². The Balaban J connectivity index is 2.82. The Kier molecular flexibility index (Phi) is 3.77. The zero-order valence-corrected chi connectivity index (χ0v) is 8.29. The number of alkyl halides is 4. The highest BCUT2D eigenvalue weighted by Crippen LogP contribution is 2.28. The van der Waals surface area contributed by atoms with E-state index in [1.54, 1.807) is 0 Å². The molecule has 1 aromatic rings. The Labute approximate surface area is 93.4 Å². The molecule has 0 radical (unpaired) electrons. The minimum Gasteiger partial charge on any atom is -0.428 e. The fourth-order valence-electron chi connectivity index (χ4n) is 0.981. The molecular weight excluding hydrogens is 244 g/mol. The summed E-state index contributed by atoms with van der Waals surface area (Å²) in [7, 11) is 0. The smallest absolute Gasteiger partial charge is 0.428 e. The molecule has 17 heavy (non-hydrogen) atoms. The van der Waals surface area contributed by atoms with Crippen LogP contribution in [0.4, 0.5) is 28.0 Å². The number of carbonyl (C=O) groups is 1. The highest BCUT2D eigenvalue weighted by molar-refractivity contribution is 5.87. The van der Waals surface area contributed by atoms with Crippen LogP contribution >= 0.6 is 0 Å². The van der Waals surface area contributed by atoms with Crippen molar-refractivity contribution in [3.63, 3.8) is 0 Å². The summed E-state index contributed by atoms with van der Waals surface area (Å²) in [6.07, 6.45) is -8.54. The molecule has 0 saturated heterocycles. The van der Waals surface area contributed by atoms with E-state index in [9.17, 15) is 22.4 Å². The van der Waals surface area contributed by atoms with Crippen molar-refractivity contribution in [3.8, 4) is 5.75 Å². The number of rotatable bonds is 4. The van der Waals surface area contributed by atoms with Crippen LogP contribution < -0.4 is 15.8 Å². The fourth-order valence-corrected chi connectivity index (χ4v) is 0.981. The van der Waals surface area contributed by atoms with Crippen LogP contribution in [0, 0.1) is 0 Å². The van der Waals surface area contributed by atoms with Gasteiger partial charge in [0.05, 0.1) is 0 Å². The summed E-state index contributed by atoms with van der Waals surface area (Å²) in [5.74, 6) is -0.512. The van der Waals surface area contributed by atoms with Gasteiger partial charge in [-0.1, -0.05) is 6.07 Å². The van der Waals surface area contributed by atoms with Crippen LogP contribution in [0.2, 0.25) is 0 Å². The first-order valence-corrected chi connectivity index (χ1v) is 4.33. The van der Waals surface area contributed by atoms with E-state index in [1.165, 1.54) is 12.1 Å². The number of benzene rings is 1. The third-order valence-electron chi connectivity index (χ3n) is 1.61. The standard InChI is InChI=1S/C9H8F4N2O2/c10-7(11)9(12,13)17-6-3-1-2-5(4-6)15-8(14)16/h1-4,7H,(H3,14,15,16). The highest BCUT2D eigenvalue weighted by Gasteiger charge is 2.43. The summed E-state index contributed by atoms with van der Waals surface area (Å²) in [5.41, 5.74) is 4.85. The van der Waals surface area contributed by atoms with Crippen LogP contribution in [-0.2, 0) is 0 Å². The predicted molar refractivity (Wildman–Crippen MR) is 51.2 cm³/mol. The average molecular weight is 252 g/mol. The maximum atomic E-state index is 12.5. The number of nitrogens with two attached hydrogens (primary N) is 1. The molecule has 2 amide bonds. The topological polar surface area (TPSA) is 64.4 Å². The second-order valence-corrected chi connectivity index (χ2v) is 2.98. The number of amides is 2. The van der Waals surface area contributed by atoms with Gasteiger partial charge < -0.3 is 15.8 Å². The van der Waals surface area contributed by atoms with Crippen LogP contribution in [0.25, 0.3) is 0 Å². The summed E-state index contributed by atoms with van der Waals surface area (Å²) in [6.45, 7) is 0. The highest BCUT2D eigenvalue weighted by atomic mass is 19.3. The molecule has 1 rings (SSSR count). The van der Waals surface area contributed by atoms with Crippen molar-refractivity contribution in [3.05, 3.63) is 24.3 Å². The molecule has 0 fully saturated rings. The molecule has 0 unspecified atom stereocenters. The lowest BCUT2D eigenvalue weighted by Gasteiger charge is -2.17. The van der Waals surface area contributed by atoms with Gasteiger partial charge in [-0.05, 0) is 12.1 Å². The van der Waals surface area contributed by atoms with Crippen molar-refractivity contribution in [2.24, 2.45) is 5.73 Å². The van der Waals surface area contributed by atoms with Gasteiger partial charge in [-0.2, -0.15) is 17.6 Å². The predicted octanol–water partition coefficient (Wildman–Crippen LogP) is 2.41. The maximum Gasteiger partial charge on any atom is 0.461 e. The largest absolute Gasteiger partial charge is 0.461 e. The average Bonchev–Trinajstić information content (AvgIpc) is 2.15. The van der Waals surface area contributed by atoms with Crippen LogP contribution in [0.5, 0.6) is 5.75 Å². The minimum absolute atomic E-state index is 0.0556. The third kappa shape index (κ3) is 3.82. The van der Waals surface area contributed by atoms with Crippen LogP contribution in [0.15, 0.2) is 24.3 Å². The first-order valence-electron chi connectivity index (χ1n) is 4.33. The second-order valence-electron chi connectivity index (χ2n) is 2.98. The number of primary amides is 1. The first kappa shape index (κ1) is 13.1. The molecule has 3 N–H and O–H groups in total. The van der Waals surface area contributed by atoms with Gasteiger partial charge >= 0.3 is 18.6 Å². The number of hydrogen-bond donors (Lipinski definition) is 2. The fraction of sp³-hybridized carbons (Fsp3) is 0.222. The lowest BCUT2D eigenvalue weighted by molar-refractivity contribution is -0.253. The maximum absolute atomic E-state index is 12.5. The minimum atomic E-state index is -4.59. The molecule has 0 saturated carbocycles. The molecular formula is C9H8F4N2O2. The zero-order chi connectivity index (χ0) is 13.1. The summed E-state index contributed by atoms with van der Waals surface area (Å²) >= 11 is 0. The Morgan fingerprint density at radius 1 is 1.41 bits per heavy atom. The molecule has 0 aliphatic carbocycles. The molecule has 0 aliphatic heterocycles.